The molecule has 7 nitrogen and oxygen atoms in total. The van der Waals surface area contributed by atoms with Gasteiger partial charge in [0.1, 0.15) is 5.78 Å². The number of imide groups is 1. The van der Waals surface area contributed by atoms with E-state index in [2.05, 4.69) is 0 Å². The zero-order valence-electron chi connectivity index (χ0n) is 15.1. The van der Waals surface area contributed by atoms with Gasteiger partial charge in [0.2, 0.25) is 0 Å². The van der Waals surface area contributed by atoms with E-state index in [-0.39, 0.29) is 36.4 Å². The average molecular weight is 379 g/mol. The molecule has 0 saturated carbocycles. The Balaban J connectivity index is 1.69. The van der Waals surface area contributed by atoms with Crippen LogP contribution in [0.5, 0.6) is 0 Å². The van der Waals surface area contributed by atoms with Crippen molar-refractivity contribution in [2.45, 2.75) is 26.2 Å². The highest BCUT2D eigenvalue weighted by atomic mass is 16.7. The van der Waals surface area contributed by atoms with Crippen LogP contribution in [-0.4, -0.2) is 34.4 Å². The zero-order valence-corrected chi connectivity index (χ0v) is 15.1. The maximum absolute atomic E-state index is 12.1. The van der Waals surface area contributed by atoms with E-state index in [1.807, 2.05) is 0 Å². The number of amides is 2. The molecule has 0 unspecified atom stereocenters. The molecule has 0 atom stereocenters. The topological polar surface area (TPSA) is 97.8 Å². The lowest BCUT2D eigenvalue weighted by molar-refractivity contribution is -0.172. The van der Waals surface area contributed by atoms with Crippen LogP contribution in [0.25, 0.3) is 11.1 Å². The van der Waals surface area contributed by atoms with Crippen LogP contribution < -0.4 is 0 Å². The molecule has 0 aliphatic carbocycles. The second-order valence-corrected chi connectivity index (χ2v) is 6.42. The lowest BCUT2D eigenvalue weighted by Gasteiger charge is -2.12. The molecule has 0 radical (unpaired) electrons. The summed E-state index contributed by atoms with van der Waals surface area (Å²) in [6.45, 7) is 1.37. The van der Waals surface area contributed by atoms with Crippen LogP contribution in [0, 0.1) is 0 Å². The fourth-order valence-corrected chi connectivity index (χ4v) is 2.77. The highest BCUT2D eigenvalue weighted by Gasteiger charge is 2.33. The van der Waals surface area contributed by atoms with Gasteiger partial charge in [0.15, 0.2) is 5.78 Å². The number of ketones is 2. The lowest BCUT2D eigenvalue weighted by atomic mass is 10.00. The van der Waals surface area contributed by atoms with E-state index in [0.717, 1.165) is 11.1 Å². The Morgan fingerprint density at radius 2 is 1.29 bits per heavy atom. The number of hydroxylamine groups is 2. The third kappa shape index (κ3) is 4.20. The summed E-state index contributed by atoms with van der Waals surface area (Å²) >= 11 is 0. The molecule has 2 amide bonds. The fourth-order valence-electron chi connectivity index (χ4n) is 2.77. The molecule has 7 heteroatoms. The Labute approximate surface area is 160 Å². The molecule has 1 fully saturated rings. The molecule has 1 aliphatic rings. The predicted molar refractivity (Wildman–Crippen MR) is 98.0 cm³/mol. The maximum Gasteiger partial charge on any atom is 0.363 e. The third-order valence-corrected chi connectivity index (χ3v) is 4.25. The Bertz CT molecular complexity index is 943. The summed E-state index contributed by atoms with van der Waals surface area (Å²) in [6, 6.07) is 13.2. The van der Waals surface area contributed by atoms with Crippen molar-refractivity contribution in [1.29, 1.82) is 0 Å². The van der Waals surface area contributed by atoms with Gasteiger partial charge in [-0.25, -0.2) is 4.79 Å². The Hall–Kier alpha value is -3.61. The van der Waals surface area contributed by atoms with Gasteiger partial charge >= 0.3 is 5.97 Å². The standard InChI is InChI=1S/C21H17NO6/c1-13(23)12-18(24)16-6-2-14(3-7-16)15-4-8-17(9-5-15)21(27)28-22-19(25)10-11-20(22)26/h2-9H,10-12H2,1H3. The minimum Gasteiger partial charge on any atom is -0.325 e. The van der Waals surface area contributed by atoms with Crippen LogP contribution in [0.4, 0.5) is 0 Å². The van der Waals surface area contributed by atoms with Gasteiger partial charge in [-0.3, -0.25) is 19.2 Å². The van der Waals surface area contributed by atoms with Crippen molar-refractivity contribution in [1.82, 2.24) is 5.06 Å². The molecule has 28 heavy (non-hydrogen) atoms. The number of benzene rings is 2. The first kappa shape index (κ1) is 19.2. The number of rotatable bonds is 6. The minimum absolute atomic E-state index is 0.0377. The van der Waals surface area contributed by atoms with E-state index < -0.39 is 17.8 Å². The average Bonchev–Trinajstić information content (AvgIpc) is 2.99. The maximum atomic E-state index is 12.1. The lowest BCUT2D eigenvalue weighted by Crippen LogP contribution is -2.32. The van der Waals surface area contributed by atoms with Gasteiger partial charge in [-0.1, -0.05) is 36.4 Å². The highest BCUT2D eigenvalue weighted by molar-refractivity contribution is 6.07. The van der Waals surface area contributed by atoms with Crippen LogP contribution in [0.2, 0.25) is 0 Å². The van der Waals surface area contributed by atoms with Crippen molar-refractivity contribution in [2.75, 3.05) is 0 Å². The molecule has 0 spiro atoms. The molecule has 1 aliphatic heterocycles. The molecular weight excluding hydrogens is 362 g/mol. The molecule has 0 bridgehead atoms. The van der Waals surface area contributed by atoms with Crippen molar-refractivity contribution in [3.8, 4) is 11.1 Å². The molecule has 1 heterocycles. The Morgan fingerprint density at radius 1 is 0.821 bits per heavy atom. The van der Waals surface area contributed by atoms with Gasteiger partial charge in [-0.2, -0.15) is 0 Å². The summed E-state index contributed by atoms with van der Waals surface area (Å²) in [5.41, 5.74) is 2.28. The first-order valence-corrected chi connectivity index (χ1v) is 8.66. The SMILES string of the molecule is CC(=O)CC(=O)c1ccc(-c2ccc(C(=O)ON3C(=O)CCC3=O)cc2)cc1. The van der Waals surface area contributed by atoms with Gasteiger partial charge in [0, 0.05) is 18.4 Å². The molecule has 2 aromatic rings. The van der Waals surface area contributed by atoms with Gasteiger partial charge in [-0.15, -0.1) is 5.06 Å². The first-order valence-electron chi connectivity index (χ1n) is 8.66. The summed E-state index contributed by atoms with van der Waals surface area (Å²) in [5, 5.41) is 0.507. The third-order valence-electron chi connectivity index (χ3n) is 4.25. The number of hydrogen-bond donors (Lipinski definition) is 0. The summed E-state index contributed by atoms with van der Waals surface area (Å²) in [7, 11) is 0. The van der Waals surface area contributed by atoms with Crippen LogP contribution in [0.3, 0.4) is 0 Å². The second kappa shape index (κ2) is 7.96. The quantitative estimate of drug-likeness (QED) is 0.435. The summed E-state index contributed by atoms with van der Waals surface area (Å²) < 4.78 is 0. The Kier molecular flexibility index (Phi) is 5.44. The normalized spacial score (nSPS) is 13.5. The molecular formula is C21H17NO6. The number of carbonyl (C=O) groups is 5. The van der Waals surface area contributed by atoms with Crippen molar-refractivity contribution in [3.63, 3.8) is 0 Å². The second-order valence-electron chi connectivity index (χ2n) is 6.42. The fraction of sp³-hybridized carbons (Fsp3) is 0.190. The van der Waals surface area contributed by atoms with E-state index >= 15 is 0 Å². The van der Waals surface area contributed by atoms with Crippen LogP contribution >= 0.6 is 0 Å². The van der Waals surface area contributed by atoms with Crippen molar-refractivity contribution < 1.29 is 28.8 Å². The molecule has 0 aromatic heterocycles. The summed E-state index contributed by atoms with van der Waals surface area (Å²) in [5.74, 6) is -2.28. The number of Topliss-reactive ketones (excluding diaryl/α,β-unsaturated/α-hetero) is 2. The summed E-state index contributed by atoms with van der Waals surface area (Å²) in [6.07, 6.45) is -0.0515. The summed E-state index contributed by atoms with van der Waals surface area (Å²) in [4.78, 5) is 62.9. The highest BCUT2D eigenvalue weighted by Crippen LogP contribution is 2.22. The first-order chi connectivity index (χ1) is 13.3. The monoisotopic (exact) mass is 379 g/mol. The van der Waals surface area contributed by atoms with Crippen molar-refractivity contribution in [3.05, 3.63) is 59.7 Å². The van der Waals surface area contributed by atoms with Crippen molar-refractivity contribution in [2.24, 2.45) is 0 Å². The Morgan fingerprint density at radius 3 is 1.75 bits per heavy atom. The van der Waals surface area contributed by atoms with Gasteiger partial charge < -0.3 is 4.84 Å². The number of hydrogen-bond acceptors (Lipinski definition) is 6. The van der Waals surface area contributed by atoms with Crippen molar-refractivity contribution >= 4 is 29.4 Å². The van der Waals surface area contributed by atoms with Gasteiger partial charge in [0.25, 0.3) is 11.8 Å². The molecule has 142 valence electrons. The number of carbonyl (C=O) groups excluding carboxylic acids is 5. The molecule has 3 rings (SSSR count). The van der Waals surface area contributed by atoms with Gasteiger partial charge in [0.05, 0.1) is 12.0 Å². The van der Waals surface area contributed by atoms with E-state index in [1.165, 1.54) is 19.1 Å². The van der Waals surface area contributed by atoms with Crippen LogP contribution in [-0.2, 0) is 19.2 Å². The molecule has 0 N–H and O–H groups in total. The van der Waals surface area contributed by atoms with Gasteiger partial charge in [-0.05, 0) is 30.2 Å². The zero-order chi connectivity index (χ0) is 20.3. The number of nitrogens with zero attached hydrogens (tertiary/aromatic N) is 1. The minimum atomic E-state index is -0.791. The molecule has 2 aromatic carbocycles. The van der Waals surface area contributed by atoms with Crippen LogP contribution in [0.1, 0.15) is 46.9 Å². The largest absolute Gasteiger partial charge is 0.363 e. The van der Waals surface area contributed by atoms with E-state index in [9.17, 15) is 24.0 Å². The van der Waals surface area contributed by atoms with E-state index in [4.69, 9.17) is 4.84 Å². The predicted octanol–water partition coefficient (Wildman–Crippen LogP) is 2.74. The van der Waals surface area contributed by atoms with E-state index in [0.29, 0.717) is 10.6 Å². The van der Waals surface area contributed by atoms with E-state index in [1.54, 1.807) is 36.4 Å². The van der Waals surface area contributed by atoms with Crippen LogP contribution in [0.15, 0.2) is 48.5 Å². The molecule has 1 saturated heterocycles. The smallest absolute Gasteiger partial charge is 0.325 e.